The summed E-state index contributed by atoms with van der Waals surface area (Å²) in [5.74, 6) is 0.656. The minimum Gasteiger partial charge on any atom is -0.497 e. The van der Waals surface area contributed by atoms with E-state index in [0.717, 1.165) is 26.4 Å². The van der Waals surface area contributed by atoms with Gasteiger partial charge in [0.25, 0.3) is 5.56 Å². The first kappa shape index (κ1) is 18.9. The molecule has 3 aromatic heterocycles. The van der Waals surface area contributed by atoms with E-state index in [2.05, 4.69) is 20.3 Å². The Bertz CT molecular complexity index is 1260. The predicted octanol–water partition coefficient (Wildman–Crippen LogP) is 3.95. The summed E-state index contributed by atoms with van der Waals surface area (Å²) in [5.41, 5.74) is 1.58. The third-order valence-corrected chi connectivity index (χ3v) is 7.11. The Morgan fingerprint density at radius 1 is 1.29 bits per heavy atom. The highest BCUT2D eigenvalue weighted by Gasteiger charge is 2.14. The van der Waals surface area contributed by atoms with Crippen LogP contribution in [0, 0.1) is 13.8 Å². The number of thioether (sulfide) groups is 1. The number of benzene rings is 1. The van der Waals surface area contributed by atoms with E-state index < -0.39 is 0 Å². The number of H-pyrrole nitrogens is 1. The number of methoxy groups -OCH3 is 1. The van der Waals surface area contributed by atoms with E-state index in [9.17, 15) is 9.59 Å². The summed E-state index contributed by atoms with van der Waals surface area (Å²) >= 11 is 4.06. The largest absolute Gasteiger partial charge is 0.497 e. The van der Waals surface area contributed by atoms with Crippen molar-refractivity contribution in [1.82, 2.24) is 15.0 Å². The molecule has 0 aliphatic rings. The molecule has 0 aliphatic carbocycles. The van der Waals surface area contributed by atoms with Gasteiger partial charge in [-0.2, -0.15) is 0 Å². The lowest BCUT2D eigenvalue weighted by Crippen LogP contribution is -2.15. The highest BCUT2D eigenvalue weighted by molar-refractivity contribution is 7.99. The molecule has 0 aliphatic heterocycles. The van der Waals surface area contributed by atoms with Gasteiger partial charge in [-0.1, -0.05) is 23.1 Å². The van der Waals surface area contributed by atoms with Crippen LogP contribution in [0.25, 0.3) is 20.4 Å². The number of aromatic amines is 1. The number of nitrogens with zero attached hydrogens (tertiary/aromatic N) is 2. The number of rotatable bonds is 5. The summed E-state index contributed by atoms with van der Waals surface area (Å²) < 4.78 is 6.13. The monoisotopic (exact) mass is 432 g/mol. The molecule has 0 unspecified atom stereocenters. The Kier molecular flexibility index (Phi) is 5.09. The fourth-order valence-electron chi connectivity index (χ4n) is 2.68. The molecule has 4 aromatic rings. The second-order valence-corrected chi connectivity index (χ2v) is 9.22. The van der Waals surface area contributed by atoms with Gasteiger partial charge >= 0.3 is 0 Å². The Balaban J connectivity index is 1.46. The second-order valence-electron chi connectivity index (χ2n) is 6.02. The molecule has 0 saturated heterocycles. The first-order valence-corrected chi connectivity index (χ1v) is 10.9. The van der Waals surface area contributed by atoms with Crippen molar-refractivity contribution in [3.05, 3.63) is 39.0 Å². The SMILES string of the molecule is COc1ccc2nc(NC(=O)CSc3nc4sc(C)c(C)c4c(=O)[nH]3)sc2c1. The lowest BCUT2D eigenvalue weighted by atomic mass is 10.2. The molecule has 7 nitrogen and oxygen atoms in total. The summed E-state index contributed by atoms with van der Waals surface area (Å²) in [4.78, 5) is 38.0. The van der Waals surface area contributed by atoms with E-state index in [1.807, 2.05) is 32.0 Å². The fourth-order valence-corrected chi connectivity index (χ4v) is 5.34. The first-order chi connectivity index (χ1) is 13.4. The molecule has 0 saturated carbocycles. The number of thiophene rings is 1. The first-order valence-electron chi connectivity index (χ1n) is 8.32. The maximum atomic E-state index is 12.3. The minimum absolute atomic E-state index is 0.122. The van der Waals surface area contributed by atoms with Gasteiger partial charge in [0, 0.05) is 4.88 Å². The van der Waals surface area contributed by atoms with Crippen LogP contribution in [0.2, 0.25) is 0 Å². The highest BCUT2D eigenvalue weighted by atomic mass is 32.2. The zero-order valence-electron chi connectivity index (χ0n) is 15.3. The molecule has 10 heteroatoms. The Hall–Kier alpha value is -2.43. The summed E-state index contributed by atoms with van der Waals surface area (Å²) in [6.07, 6.45) is 0. The summed E-state index contributed by atoms with van der Waals surface area (Å²) in [5, 5.41) is 4.38. The molecule has 0 bridgehead atoms. The number of carbonyl (C=O) groups excluding carboxylic acids is 1. The standard InChI is InChI=1S/C18H16N4O3S3/c1-8-9(2)27-16-14(8)15(24)21-17(22-16)26-7-13(23)20-18-19-11-5-4-10(25-3)6-12(11)28-18/h4-6H,7H2,1-3H3,(H,19,20,23)(H,21,22,24). The zero-order chi connectivity index (χ0) is 19.8. The number of aryl methyl sites for hydroxylation is 2. The van der Waals surface area contributed by atoms with E-state index in [4.69, 9.17) is 4.74 Å². The number of amides is 1. The van der Waals surface area contributed by atoms with E-state index >= 15 is 0 Å². The van der Waals surface area contributed by atoms with Crippen LogP contribution in [0.1, 0.15) is 10.4 Å². The minimum atomic E-state index is -0.211. The van der Waals surface area contributed by atoms with E-state index in [0.29, 0.717) is 20.5 Å². The van der Waals surface area contributed by atoms with Crippen molar-refractivity contribution in [1.29, 1.82) is 0 Å². The van der Waals surface area contributed by atoms with Gasteiger partial charge in [-0.3, -0.25) is 9.59 Å². The average Bonchev–Trinajstić information content (AvgIpc) is 3.19. The molecule has 0 fully saturated rings. The van der Waals surface area contributed by atoms with Crippen LogP contribution in [0.4, 0.5) is 5.13 Å². The van der Waals surface area contributed by atoms with Gasteiger partial charge in [-0.15, -0.1) is 11.3 Å². The van der Waals surface area contributed by atoms with E-state index in [-0.39, 0.29) is 17.2 Å². The second kappa shape index (κ2) is 7.53. The third-order valence-electron chi connectivity index (χ3n) is 4.20. The van der Waals surface area contributed by atoms with Crippen molar-refractivity contribution in [2.45, 2.75) is 19.0 Å². The lowest BCUT2D eigenvalue weighted by Gasteiger charge is -2.02. The molecular formula is C18H16N4O3S3. The van der Waals surface area contributed by atoms with E-state index in [1.54, 1.807) is 7.11 Å². The van der Waals surface area contributed by atoms with Crippen LogP contribution in [0.5, 0.6) is 5.75 Å². The number of carbonyl (C=O) groups is 1. The van der Waals surface area contributed by atoms with Crippen LogP contribution >= 0.6 is 34.4 Å². The molecule has 0 atom stereocenters. The number of thiazole rings is 1. The van der Waals surface area contributed by atoms with Gasteiger partial charge in [0.05, 0.1) is 28.5 Å². The van der Waals surface area contributed by atoms with E-state index in [1.165, 1.54) is 34.4 Å². The topological polar surface area (TPSA) is 97.0 Å². The van der Waals surface area contributed by atoms with Gasteiger partial charge in [0.15, 0.2) is 10.3 Å². The number of ether oxygens (including phenoxy) is 1. The molecule has 0 radical (unpaired) electrons. The van der Waals surface area contributed by atoms with Crippen molar-refractivity contribution in [3.8, 4) is 5.75 Å². The summed E-state index contributed by atoms with van der Waals surface area (Å²) in [7, 11) is 1.61. The number of nitrogens with one attached hydrogen (secondary N) is 2. The van der Waals surface area contributed by atoms with Crippen LogP contribution < -0.4 is 15.6 Å². The average molecular weight is 433 g/mol. The smallest absolute Gasteiger partial charge is 0.260 e. The molecule has 3 heterocycles. The molecule has 1 amide bonds. The number of hydrogen-bond acceptors (Lipinski definition) is 8. The molecular weight excluding hydrogens is 416 g/mol. The van der Waals surface area contributed by atoms with Gasteiger partial charge in [0.1, 0.15) is 10.6 Å². The molecule has 1 aromatic carbocycles. The number of aromatic nitrogens is 3. The van der Waals surface area contributed by atoms with Crippen molar-refractivity contribution in [3.63, 3.8) is 0 Å². The Labute approximate surface area is 172 Å². The molecule has 144 valence electrons. The third kappa shape index (κ3) is 3.62. The van der Waals surface area contributed by atoms with Gasteiger partial charge in [0.2, 0.25) is 5.91 Å². The molecule has 2 N–H and O–H groups in total. The van der Waals surface area contributed by atoms with Gasteiger partial charge < -0.3 is 15.0 Å². The Morgan fingerprint density at radius 3 is 2.89 bits per heavy atom. The lowest BCUT2D eigenvalue weighted by molar-refractivity contribution is -0.113. The summed E-state index contributed by atoms with van der Waals surface area (Å²) in [6, 6.07) is 5.56. The fraction of sp³-hybridized carbons (Fsp3) is 0.222. The maximum Gasteiger partial charge on any atom is 0.260 e. The quantitative estimate of drug-likeness (QED) is 0.366. The highest BCUT2D eigenvalue weighted by Crippen LogP contribution is 2.30. The summed E-state index contributed by atoms with van der Waals surface area (Å²) in [6.45, 7) is 3.88. The molecule has 4 rings (SSSR count). The van der Waals surface area contributed by atoms with Crippen molar-refractivity contribution in [2.24, 2.45) is 0 Å². The maximum absolute atomic E-state index is 12.3. The van der Waals surface area contributed by atoms with Crippen molar-refractivity contribution >= 4 is 65.9 Å². The van der Waals surface area contributed by atoms with Crippen LogP contribution in [0.3, 0.4) is 0 Å². The number of fused-ring (bicyclic) bond motifs is 2. The van der Waals surface area contributed by atoms with Gasteiger partial charge in [-0.05, 0) is 37.6 Å². The van der Waals surface area contributed by atoms with Crippen LogP contribution in [-0.4, -0.2) is 33.7 Å². The number of hydrogen-bond donors (Lipinski definition) is 2. The van der Waals surface area contributed by atoms with Crippen LogP contribution in [0.15, 0.2) is 28.2 Å². The van der Waals surface area contributed by atoms with Crippen molar-refractivity contribution < 1.29 is 9.53 Å². The molecule has 28 heavy (non-hydrogen) atoms. The molecule has 0 spiro atoms. The zero-order valence-corrected chi connectivity index (χ0v) is 17.7. The predicted molar refractivity (Wildman–Crippen MR) is 115 cm³/mol. The Morgan fingerprint density at radius 2 is 2.11 bits per heavy atom. The van der Waals surface area contributed by atoms with Crippen molar-refractivity contribution in [2.75, 3.05) is 18.2 Å². The number of anilines is 1. The normalized spacial score (nSPS) is 11.2. The van der Waals surface area contributed by atoms with Gasteiger partial charge in [-0.25, -0.2) is 9.97 Å². The van der Waals surface area contributed by atoms with Crippen LogP contribution in [-0.2, 0) is 4.79 Å².